The zero-order valence-electron chi connectivity index (χ0n) is 8.96. The average Bonchev–Trinajstić information content (AvgIpc) is 2.17. The van der Waals surface area contributed by atoms with Gasteiger partial charge in [-0.3, -0.25) is 4.90 Å². The third-order valence-electron chi connectivity index (χ3n) is 2.36. The highest BCUT2D eigenvalue weighted by Crippen LogP contribution is 2.18. The fraction of sp³-hybridized carbons (Fsp3) is 0.778. The first kappa shape index (κ1) is 15.0. The molecule has 1 saturated heterocycles. The third-order valence-corrected chi connectivity index (χ3v) is 2.36. The summed E-state index contributed by atoms with van der Waals surface area (Å²) in [4.78, 5) is 23.4. The zero-order valence-corrected chi connectivity index (χ0v) is 9.77. The van der Waals surface area contributed by atoms with Crippen molar-refractivity contribution in [2.45, 2.75) is 31.9 Å². The quantitative estimate of drug-likeness (QED) is 0.747. The predicted octanol–water partition coefficient (Wildman–Crippen LogP) is 0.475. The fourth-order valence-corrected chi connectivity index (χ4v) is 1.61. The SMILES string of the molecule is CCOC(=O)N1CCC(O)CC1C(=O)O.Cl. The Labute approximate surface area is 99.6 Å². The number of aliphatic hydroxyl groups excluding tert-OH is 1. The monoisotopic (exact) mass is 253 g/mol. The van der Waals surface area contributed by atoms with E-state index in [9.17, 15) is 14.7 Å². The minimum Gasteiger partial charge on any atom is -0.480 e. The van der Waals surface area contributed by atoms with Crippen molar-refractivity contribution in [1.82, 2.24) is 4.90 Å². The molecule has 0 aromatic carbocycles. The Bertz CT molecular complexity index is 260. The van der Waals surface area contributed by atoms with Crippen LogP contribution in [0.25, 0.3) is 0 Å². The van der Waals surface area contributed by atoms with Gasteiger partial charge in [-0.25, -0.2) is 9.59 Å². The Morgan fingerprint density at radius 1 is 1.50 bits per heavy atom. The number of aliphatic carboxylic acids is 1. The van der Waals surface area contributed by atoms with Gasteiger partial charge in [0.2, 0.25) is 0 Å². The van der Waals surface area contributed by atoms with Gasteiger partial charge in [0, 0.05) is 13.0 Å². The van der Waals surface area contributed by atoms with Crippen LogP contribution >= 0.6 is 12.4 Å². The number of ether oxygens (including phenoxy) is 1. The van der Waals surface area contributed by atoms with Gasteiger partial charge in [-0.15, -0.1) is 12.4 Å². The van der Waals surface area contributed by atoms with E-state index in [4.69, 9.17) is 9.84 Å². The Balaban J connectivity index is 0.00000225. The molecular weight excluding hydrogens is 238 g/mol. The first-order valence-corrected chi connectivity index (χ1v) is 4.90. The molecule has 0 saturated carbocycles. The van der Waals surface area contributed by atoms with Crippen molar-refractivity contribution in [2.75, 3.05) is 13.2 Å². The molecule has 2 N–H and O–H groups in total. The normalized spacial score (nSPS) is 24.5. The van der Waals surface area contributed by atoms with E-state index >= 15 is 0 Å². The highest BCUT2D eigenvalue weighted by atomic mass is 35.5. The molecule has 94 valence electrons. The van der Waals surface area contributed by atoms with Crippen molar-refractivity contribution in [2.24, 2.45) is 0 Å². The summed E-state index contributed by atoms with van der Waals surface area (Å²) in [7, 11) is 0. The molecule has 1 rings (SSSR count). The minimum atomic E-state index is -1.11. The maximum Gasteiger partial charge on any atom is 0.410 e. The maximum atomic E-state index is 11.4. The van der Waals surface area contributed by atoms with Gasteiger partial charge in [-0.1, -0.05) is 0 Å². The molecule has 7 heteroatoms. The molecule has 0 aliphatic carbocycles. The number of aliphatic hydroxyl groups is 1. The van der Waals surface area contributed by atoms with Crippen molar-refractivity contribution in [3.63, 3.8) is 0 Å². The molecule has 1 amide bonds. The van der Waals surface area contributed by atoms with Gasteiger partial charge < -0.3 is 14.9 Å². The minimum absolute atomic E-state index is 0. The molecule has 6 nitrogen and oxygen atoms in total. The van der Waals surface area contributed by atoms with E-state index in [1.807, 2.05) is 0 Å². The summed E-state index contributed by atoms with van der Waals surface area (Å²) in [5.41, 5.74) is 0. The topological polar surface area (TPSA) is 87.1 Å². The standard InChI is InChI=1S/C9H15NO5.ClH/c1-2-15-9(14)10-4-3-6(11)5-7(10)8(12)13;/h6-7,11H,2-5H2,1H3,(H,12,13);1H. The molecule has 2 atom stereocenters. The molecule has 2 unspecified atom stereocenters. The van der Waals surface area contributed by atoms with E-state index in [0.29, 0.717) is 6.42 Å². The average molecular weight is 254 g/mol. The lowest BCUT2D eigenvalue weighted by atomic mass is 10.0. The molecule has 1 aliphatic rings. The number of hydrogen-bond donors (Lipinski definition) is 2. The number of rotatable bonds is 2. The summed E-state index contributed by atoms with van der Waals surface area (Å²) < 4.78 is 4.74. The number of nitrogens with zero attached hydrogens (tertiary/aromatic N) is 1. The number of hydrogen-bond acceptors (Lipinski definition) is 4. The number of piperidine rings is 1. The second-order valence-electron chi connectivity index (χ2n) is 3.42. The summed E-state index contributed by atoms with van der Waals surface area (Å²) in [5.74, 6) is -1.11. The number of carbonyl (C=O) groups excluding carboxylic acids is 1. The smallest absolute Gasteiger partial charge is 0.410 e. The lowest BCUT2D eigenvalue weighted by Gasteiger charge is -2.34. The van der Waals surface area contributed by atoms with Gasteiger partial charge in [-0.2, -0.15) is 0 Å². The fourth-order valence-electron chi connectivity index (χ4n) is 1.61. The molecule has 1 aliphatic heterocycles. The third kappa shape index (κ3) is 3.53. The van der Waals surface area contributed by atoms with E-state index in [1.165, 1.54) is 0 Å². The predicted molar refractivity (Wildman–Crippen MR) is 57.6 cm³/mol. The van der Waals surface area contributed by atoms with Crippen LogP contribution in [0.1, 0.15) is 19.8 Å². The molecule has 1 fully saturated rings. The largest absolute Gasteiger partial charge is 0.480 e. The van der Waals surface area contributed by atoms with Crippen LogP contribution in [0.4, 0.5) is 4.79 Å². The van der Waals surface area contributed by atoms with Gasteiger partial charge in [0.25, 0.3) is 0 Å². The Morgan fingerprint density at radius 2 is 2.12 bits per heavy atom. The number of halogens is 1. The van der Waals surface area contributed by atoms with Crippen LogP contribution in [0.3, 0.4) is 0 Å². The molecule has 0 aromatic heterocycles. The van der Waals surface area contributed by atoms with Gasteiger partial charge in [0.05, 0.1) is 12.7 Å². The number of carboxylic acids is 1. The number of likely N-dealkylation sites (tertiary alicyclic amines) is 1. The van der Waals surface area contributed by atoms with Crippen LogP contribution in [0.2, 0.25) is 0 Å². The lowest BCUT2D eigenvalue weighted by Crippen LogP contribution is -2.51. The van der Waals surface area contributed by atoms with E-state index in [-0.39, 0.29) is 32.0 Å². The molecule has 16 heavy (non-hydrogen) atoms. The summed E-state index contributed by atoms with van der Waals surface area (Å²) in [6.07, 6.45) is -0.829. The molecule has 0 radical (unpaired) electrons. The van der Waals surface area contributed by atoms with Crippen molar-refractivity contribution >= 4 is 24.5 Å². The van der Waals surface area contributed by atoms with Crippen molar-refractivity contribution < 1.29 is 24.5 Å². The highest BCUT2D eigenvalue weighted by molar-refractivity contribution is 5.85. The van der Waals surface area contributed by atoms with Gasteiger partial charge in [0.1, 0.15) is 6.04 Å². The molecular formula is C9H16ClNO5. The summed E-state index contributed by atoms with van der Waals surface area (Å²) >= 11 is 0. The number of amides is 1. The highest BCUT2D eigenvalue weighted by Gasteiger charge is 2.36. The van der Waals surface area contributed by atoms with Crippen molar-refractivity contribution in [1.29, 1.82) is 0 Å². The van der Waals surface area contributed by atoms with Crippen LogP contribution in [0, 0.1) is 0 Å². The molecule has 1 heterocycles. The van der Waals surface area contributed by atoms with E-state index in [0.717, 1.165) is 4.90 Å². The van der Waals surface area contributed by atoms with Gasteiger partial charge >= 0.3 is 12.1 Å². The summed E-state index contributed by atoms with van der Waals surface area (Å²) in [6.45, 7) is 2.09. The Morgan fingerprint density at radius 3 is 2.62 bits per heavy atom. The van der Waals surface area contributed by atoms with Crippen LogP contribution in [0.5, 0.6) is 0 Å². The number of carboxylic acid groups (broad SMARTS) is 1. The van der Waals surface area contributed by atoms with Crippen molar-refractivity contribution in [3.05, 3.63) is 0 Å². The van der Waals surface area contributed by atoms with Gasteiger partial charge in [-0.05, 0) is 13.3 Å². The second-order valence-corrected chi connectivity index (χ2v) is 3.42. The van der Waals surface area contributed by atoms with E-state index in [2.05, 4.69) is 0 Å². The van der Waals surface area contributed by atoms with Crippen LogP contribution in [0.15, 0.2) is 0 Å². The maximum absolute atomic E-state index is 11.4. The van der Waals surface area contributed by atoms with E-state index < -0.39 is 24.2 Å². The Kier molecular flexibility index (Phi) is 6.13. The zero-order chi connectivity index (χ0) is 11.4. The van der Waals surface area contributed by atoms with Crippen molar-refractivity contribution in [3.8, 4) is 0 Å². The molecule has 0 bridgehead atoms. The number of carbonyl (C=O) groups is 2. The first-order valence-electron chi connectivity index (χ1n) is 4.90. The second kappa shape index (κ2) is 6.55. The van der Waals surface area contributed by atoms with E-state index in [1.54, 1.807) is 6.92 Å². The van der Waals surface area contributed by atoms with Crippen LogP contribution in [-0.4, -0.2) is 52.5 Å². The summed E-state index contributed by atoms with van der Waals surface area (Å²) in [6, 6.07) is -0.979. The van der Waals surface area contributed by atoms with Crippen LogP contribution < -0.4 is 0 Å². The molecule has 0 aromatic rings. The van der Waals surface area contributed by atoms with Crippen LogP contribution in [-0.2, 0) is 9.53 Å². The Hall–Kier alpha value is -1.01. The summed E-state index contributed by atoms with van der Waals surface area (Å²) in [5, 5.41) is 18.2. The lowest BCUT2D eigenvalue weighted by molar-refractivity contribution is -0.145. The van der Waals surface area contributed by atoms with Gasteiger partial charge in [0.15, 0.2) is 0 Å². The molecule has 0 spiro atoms. The first-order chi connectivity index (χ1) is 7.06.